The molecule has 0 aromatic heterocycles. The fourth-order valence-corrected chi connectivity index (χ4v) is 13.2. The minimum absolute atomic E-state index is 0.957. The Morgan fingerprint density at radius 1 is 0.240 bits per heavy atom. The van der Waals surface area contributed by atoms with E-state index < -0.39 is 0 Å². The quantitative estimate of drug-likeness (QED) is 0.141. The highest BCUT2D eigenvalue weighted by Gasteiger charge is 2.05. The molecule has 0 amide bonds. The van der Waals surface area contributed by atoms with E-state index in [1.807, 2.05) is 47.8 Å². The molecule has 0 saturated heterocycles. The van der Waals surface area contributed by atoms with Crippen molar-refractivity contribution in [3.05, 3.63) is 334 Å². The number of ether oxygens (including phenoxy) is 2. The molecule has 14 aromatic carbocycles. The van der Waals surface area contributed by atoms with Gasteiger partial charge in [-0.2, -0.15) is 0 Å². The van der Waals surface area contributed by atoms with Crippen molar-refractivity contribution in [2.24, 2.45) is 0 Å². The van der Waals surface area contributed by atoms with E-state index in [4.69, 9.17) is 9.47 Å². The highest BCUT2D eigenvalue weighted by Crippen LogP contribution is 2.30. The molecule has 492 valence electrons. The maximum absolute atomic E-state index is 5.25. The molecule has 0 aliphatic rings. The molecule has 0 heterocycles. The van der Waals surface area contributed by atoms with Crippen molar-refractivity contribution in [3.8, 4) is 11.5 Å². The topological polar surface area (TPSA) is 18.5 Å². The lowest BCUT2D eigenvalue weighted by atomic mass is 10.0. The van der Waals surface area contributed by atoms with Crippen LogP contribution in [-0.4, -0.2) is 26.7 Å². The van der Waals surface area contributed by atoms with Crippen LogP contribution in [0.4, 0.5) is 0 Å². The fourth-order valence-electron chi connectivity index (χ4n) is 11.9. The predicted molar refractivity (Wildman–Crippen MR) is 429 cm³/mol. The van der Waals surface area contributed by atoms with Crippen LogP contribution in [0.3, 0.4) is 0 Å². The first-order valence-electron chi connectivity index (χ1n) is 33.8. The molecule has 0 aliphatic carbocycles. The Morgan fingerprint density at radius 2 is 0.552 bits per heavy atom. The number of hydrogen-bond donors (Lipinski definition) is 0. The summed E-state index contributed by atoms with van der Waals surface area (Å²) in [6, 6.07) is 94.0. The Bertz CT molecular complexity index is 4260. The Hall–Kier alpha value is -9.06. The van der Waals surface area contributed by atoms with Gasteiger partial charge in [0.15, 0.2) is 0 Å². The van der Waals surface area contributed by atoms with Gasteiger partial charge in [-0.3, -0.25) is 0 Å². The van der Waals surface area contributed by atoms with Crippen molar-refractivity contribution >= 4 is 88.2 Å². The third-order valence-corrected chi connectivity index (χ3v) is 19.5. The number of aryl methyl sites for hydroxylation is 12. The number of thioether (sulfide) groups is 2. The van der Waals surface area contributed by atoms with E-state index in [0.717, 1.165) is 37.2 Å². The van der Waals surface area contributed by atoms with Gasteiger partial charge >= 0.3 is 0 Å². The molecule has 0 aliphatic heterocycles. The number of benzene rings is 14. The summed E-state index contributed by atoms with van der Waals surface area (Å²) < 4.78 is 10.5. The summed E-state index contributed by atoms with van der Waals surface area (Å²) in [6.45, 7) is 26.0. The first kappa shape index (κ1) is 74.3. The number of methoxy groups -OCH3 is 2. The lowest BCUT2D eigenvalue weighted by Gasteiger charge is -2.07. The minimum Gasteiger partial charge on any atom is -0.496 e. The minimum atomic E-state index is 0.957. The maximum atomic E-state index is 5.25. The van der Waals surface area contributed by atoms with Gasteiger partial charge in [-0.1, -0.05) is 264 Å². The molecule has 2 nitrogen and oxygen atoms in total. The summed E-state index contributed by atoms with van der Waals surface area (Å²) >= 11 is 3.62. The molecule has 14 aromatic rings. The lowest BCUT2D eigenvalue weighted by molar-refractivity contribution is 0.412. The van der Waals surface area contributed by atoms with E-state index >= 15 is 0 Å². The fraction of sp³-hybridized carbons (Fsp3) is 0.217. The highest BCUT2D eigenvalue weighted by molar-refractivity contribution is 7.98. The molecule has 0 fully saturated rings. The molecule has 0 radical (unpaired) electrons. The first-order valence-corrected chi connectivity index (χ1v) is 36.2. The van der Waals surface area contributed by atoms with Crippen LogP contribution >= 0.6 is 23.5 Å². The van der Waals surface area contributed by atoms with Gasteiger partial charge in [0.1, 0.15) is 11.5 Å². The third kappa shape index (κ3) is 21.0. The molecule has 96 heavy (non-hydrogen) atoms. The average Bonchev–Trinajstić information content (AvgIpc) is 1.20. The average molecular weight is 1300 g/mol. The van der Waals surface area contributed by atoms with E-state index in [9.17, 15) is 0 Å². The predicted octanol–water partition coefficient (Wildman–Crippen LogP) is 26.6. The van der Waals surface area contributed by atoms with Crippen LogP contribution in [0, 0.1) is 55.4 Å². The molecule has 0 atom stereocenters. The van der Waals surface area contributed by atoms with Crippen LogP contribution in [0.2, 0.25) is 0 Å². The Kier molecular flexibility index (Phi) is 29.8. The Morgan fingerprint density at radius 3 is 0.927 bits per heavy atom. The highest BCUT2D eigenvalue weighted by atomic mass is 32.2. The van der Waals surface area contributed by atoms with Crippen LogP contribution in [0.1, 0.15) is 94.5 Å². The summed E-state index contributed by atoms with van der Waals surface area (Å²) in [7, 11) is 3.41. The third-order valence-electron chi connectivity index (χ3n) is 17.7. The van der Waals surface area contributed by atoms with Gasteiger partial charge in [0.05, 0.1) is 14.2 Å². The Balaban J connectivity index is 0.000000155. The monoisotopic (exact) mass is 1300 g/mol. The van der Waals surface area contributed by atoms with Crippen molar-refractivity contribution in [2.75, 3.05) is 26.7 Å². The number of hydrogen-bond acceptors (Lipinski definition) is 4. The van der Waals surface area contributed by atoms with Gasteiger partial charge in [0, 0.05) is 9.79 Å². The van der Waals surface area contributed by atoms with Crippen LogP contribution in [-0.2, 0) is 25.7 Å². The van der Waals surface area contributed by atoms with E-state index in [-0.39, 0.29) is 0 Å². The molecule has 0 unspecified atom stereocenters. The zero-order valence-corrected chi connectivity index (χ0v) is 61.5. The summed E-state index contributed by atoms with van der Waals surface area (Å²) in [6.07, 6.45) is 8.78. The van der Waals surface area contributed by atoms with E-state index in [1.165, 1.54) is 141 Å². The van der Waals surface area contributed by atoms with Crippen molar-refractivity contribution in [1.29, 1.82) is 0 Å². The Labute approximate surface area is 584 Å². The second-order valence-electron chi connectivity index (χ2n) is 24.1. The summed E-state index contributed by atoms with van der Waals surface area (Å²) in [5.74, 6) is 1.91. The van der Waals surface area contributed by atoms with Crippen LogP contribution in [0.15, 0.2) is 277 Å². The number of rotatable bonds is 8. The normalized spacial score (nSPS) is 10.3. The number of fused-ring (bicyclic) bond motifs is 6. The zero-order chi connectivity index (χ0) is 68.9. The summed E-state index contributed by atoms with van der Waals surface area (Å²) in [5.41, 5.74) is 16.6. The van der Waals surface area contributed by atoms with Crippen LogP contribution in [0.25, 0.3) is 64.6 Å². The van der Waals surface area contributed by atoms with Crippen molar-refractivity contribution < 1.29 is 9.47 Å². The molecule has 0 bridgehead atoms. The van der Waals surface area contributed by atoms with Crippen molar-refractivity contribution in [3.63, 3.8) is 0 Å². The second kappa shape index (κ2) is 38.5. The smallest absolute Gasteiger partial charge is 0.122 e. The zero-order valence-electron chi connectivity index (χ0n) is 59.9. The van der Waals surface area contributed by atoms with Crippen molar-refractivity contribution in [2.45, 2.75) is 119 Å². The van der Waals surface area contributed by atoms with Gasteiger partial charge in [0.25, 0.3) is 0 Å². The maximum Gasteiger partial charge on any atom is 0.122 e. The van der Waals surface area contributed by atoms with Gasteiger partial charge in [-0.05, 0) is 255 Å². The van der Waals surface area contributed by atoms with E-state index in [2.05, 4.69) is 338 Å². The SMILES string of the molecule is CCc1cc2ccccc2cc1C.CCc1cc2ccccc2cc1C.CCc1ccccc1C.CCc1ccccc1C.COc1cc2ccccc2cc1C.COc1ccc2ccccc2c1C.CSc1cc2ccccc2cc1C.CSc1ccc2ccccc2c1C. The first-order chi connectivity index (χ1) is 46.6. The van der Waals surface area contributed by atoms with E-state index in [0.29, 0.717) is 0 Å². The van der Waals surface area contributed by atoms with Gasteiger partial charge in [-0.25, -0.2) is 0 Å². The summed E-state index contributed by atoms with van der Waals surface area (Å²) in [4.78, 5) is 2.75. The summed E-state index contributed by atoms with van der Waals surface area (Å²) in [5, 5.41) is 15.8. The van der Waals surface area contributed by atoms with E-state index in [1.54, 1.807) is 14.2 Å². The van der Waals surface area contributed by atoms with Crippen LogP contribution < -0.4 is 9.47 Å². The molecular formula is C92H100O2S2. The largest absolute Gasteiger partial charge is 0.496 e. The molecule has 4 heteroatoms. The van der Waals surface area contributed by atoms with Gasteiger partial charge in [-0.15, -0.1) is 23.5 Å². The molecular weight excluding hydrogens is 1200 g/mol. The molecule has 14 rings (SSSR count). The molecule has 0 saturated carbocycles. The molecule has 0 N–H and O–H groups in total. The second-order valence-corrected chi connectivity index (χ2v) is 25.8. The molecule has 0 spiro atoms. The van der Waals surface area contributed by atoms with Gasteiger partial charge in [0.2, 0.25) is 0 Å². The lowest BCUT2D eigenvalue weighted by Crippen LogP contribution is -1.87. The standard InChI is InChI=1S/2C13H14.2C12H12O.2C12H12S.2C9H12/c2*1-3-11-9-13-7-5-4-6-12(13)8-10(11)2;1-9-7-10-5-3-4-6-11(10)8-12(9)13-2;1-9-11-6-4-3-5-10(11)7-8-12(9)13-2;1-9-7-10-5-3-4-6-11(10)8-12(9)13-2;1-9-11-6-4-3-5-10(11)7-8-12(9)13-2;2*1-3-9-7-5-4-6-8(9)2/h2*4-9H,3H2,1-2H3;4*3-8H,1-2H3;2*4-7H,3H2,1-2H3. The van der Waals surface area contributed by atoms with Crippen molar-refractivity contribution in [1.82, 2.24) is 0 Å². The van der Waals surface area contributed by atoms with Crippen LogP contribution in [0.5, 0.6) is 11.5 Å². The van der Waals surface area contributed by atoms with Gasteiger partial charge < -0.3 is 9.47 Å².